The Morgan fingerprint density at radius 2 is 1.94 bits per heavy atom. The second kappa shape index (κ2) is 4.37. The van der Waals surface area contributed by atoms with Gasteiger partial charge in [-0.2, -0.15) is 5.10 Å². The number of rotatable bonds is 3. The van der Waals surface area contributed by atoms with Crippen molar-refractivity contribution >= 4 is 5.82 Å². The normalized spacial score (nSPS) is 10.6. The predicted molar refractivity (Wildman–Crippen MR) is 65.5 cm³/mol. The minimum absolute atomic E-state index is 0.587. The summed E-state index contributed by atoms with van der Waals surface area (Å²) in [5.41, 5.74) is 14.7. The molecule has 1 heterocycles. The lowest BCUT2D eigenvalue weighted by atomic mass is 10.2. The van der Waals surface area contributed by atoms with Crippen LogP contribution in [0.25, 0.3) is 5.69 Å². The highest BCUT2D eigenvalue weighted by Crippen LogP contribution is 2.17. The molecule has 0 atom stereocenters. The lowest BCUT2D eigenvalue weighted by Crippen LogP contribution is -2.06. The highest BCUT2D eigenvalue weighted by Gasteiger charge is 2.07. The summed E-state index contributed by atoms with van der Waals surface area (Å²) < 4.78 is 1.74. The quantitative estimate of drug-likeness (QED) is 0.811. The monoisotopic (exact) mass is 216 g/mol. The van der Waals surface area contributed by atoms with Gasteiger partial charge in [-0.1, -0.05) is 17.7 Å². The Bertz CT molecular complexity index is 470. The van der Waals surface area contributed by atoms with Crippen LogP contribution in [-0.4, -0.2) is 16.3 Å². The van der Waals surface area contributed by atoms with Crippen LogP contribution in [0, 0.1) is 6.92 Å². The molecule has 16 heavy (non-hydrogen) atoms. The summed E-state index contributed by atoms with van der Waals surface area (Å²) >= 11 is 0. The van der Waals surface area contributed by atoms with Crippen molar-refractivity contribution in [1.82, 2.24) is 9.78 Å². The van der Waals surface area contributed by atoms with Crippen LogP contribution < -0.4 is 11.5 Å². The van der Waals surface area contributed by atoms with E-state index in [9.17, 15) is 0 Å². The molecule has 0 aliphatic carbocycles. The van der Waals surface area contributed by atoms with E-state index in [-0.39, 0.29) is 0 Å². The number of aryl methyl sites for hydroxylation is 1. The standard InChI is InChI=1S/C12H16N4/c1-9-2-4-11(5-3-9)16-12(14)10(6-7-13)8-15-16/h2-5,8H,6-7,13-14H2,1H3. The van der Waals surface area contributed by atoms with Crippen LogP contribution >= 0.6 is 0 Å². The Labute approximate surface area is 94.9 Å². The van der Waals surface area contributed by atoms with Gasteiger partial charge in [0.1, 0.15) is 5.82 Å². The zero-order chi connectivity index (χ0) is 11.5. The van der Waals surface area contributed by atoms with E-state index in [4.69, 9.17) is 11.5 Å². The molecule has 0 bridgehead atoms. The summed E-state index contributed by atoms with van der Waals surface area (Å²) in [6, 6.07) is 8.09. The number of nitrogens with zero attached hydrogens (tertiary/aromatic N) is 2. The summed E-state index contributed by atoms with van der Waals surface area (Å²) in [5.74, 6) is 0.675. The van der Waals surface area contributed by atoms with Gasteiger partial charge >= 0.3 is 0 Å². The maximum absolute atomic E-state index is 6.00. The van der Waals surface area contributed by atoms with E-state index in [0.717, 1.165) is 17.7 Å². The van der Waals surface area contributed by atoms with E-state index in [1.165, 1.54) is 5.56 Å². The van der Waals surface area contributed by atoms with Gasteiger partial charge < -0.3 is 11.5 Å². The van der Waals surface area contributed by atoms with E-state index < -0.39 is 0 Å². The topological polar surface area (TPSA) is 69.9 Å². The van der Waals surface area contributed by atoms with E-state index in [0.29, 0.717) is 12.4 Å². The molecule has 0 spiro atoms. The number of nitrogen functional groups attached to an aromatic ring is 1. The molecular weight excluding hydrogens is 200 g/mol. The van der Waals surface area contributed by atoms with Crippen molar-refractivity contribution in [3.8, 4) is 5.69 Å². The molecule has 4 nitrogen and oxygen atoms in total. The third-order valence-corrected chi connectivity index (χ3v) is 2.58. The fraction of sp³-hybridized carbons (Fsp3) is 0.250. The maximum Gasteiger partial charge on any atom is 0.130 e. The number of benzene rings is 1. The smallest absolute Gasteiger partial charge is 0.130 e. The van der Waals surface area contributed by atoms with Gasteiger partial charge in [0.05, 0.1) is 11.9 Å². The molecule has 1 aromatic heterocycles. The molecule has 0 aliphatic rings. The fourth-order valence-corrected chi connectivity index (χ4v) is 1.63. The van der Waals surface area contributed by atoms with Crippen LogP contribution in [0.5, 0.6) is 0 Å². The largest absolute Gasteiger partial charge is 0.383 e. The average molecular weight is 216 g/mol. The van der Waals surface area contributed by atoms with Crippen molar-refractivity contribution in [2.24, 2.45) is 5.73 Å². The SMILES string of the molecule is Cc1ccc(-n2ncc(CCN)c2N)cc1. The molecular formula is C12H16N4. The molecule has 2 rings (SSSR count). The van der Waals surface area contributed by atoms with E-state index >= 15 is 0 Å². The van der Waals surface area contributed by atoms with Crippen molar-refractivity contribution < 1.29 is 0 Å². The highest BCUT2D eigenvalue weighted by molar-refractivity contribution is 5.47. The van der Waals surface area contributed by atoms with Crippen molar-refractivity contribution in [1.29, 1.82) is 0 Å². The van der Waals surface area contributed by atoms with Crippen molar-refractivity contribution in [2.75, 3.05) is 12.3 Å². The Balaban J connectivity index is 2.37. The maximum atomic E-state index is 6.00. The zero-order valence-corrected chi connectivity index (χ0v) is 9.35. The lowest BCUT2D eigenvalue weighted by molar-refractivity contribution is 0.890. The first-order chi connectivity index (χ1) is 7.72. The van der Waals surface area contributed by atoms with Crippen LogP contribution in [-0.2, 0) is 6.42 Å². The first-order valence-corrected chi connectivity index (χ1v) is 5.32. The molecule has 0 unspecified atom stereocenters. The van der Waals surface area contributed by atoms with Gasteiger partial charge in [-0.05, 0) is 32.0 Å². The van der Waals surface area contributed by atoms with Gasteiger partial charge in [0, 0.05) is 5.56 Å². The third kappa shape index (κ3) is 1.92. The van der Waals surface area contributed by atoms with E-state index in [2.05, 4.69) is 12.0 Å². The first-order valence-electron chi connectivity index (χ1n) is 5.32. The highest BCUT2D eigenvalue weighted by atomic mass is 15.3. The minimum atomic E-state index is 0.587. The molecule has 0 saturated carbocycles. The molecule has 0 saturated heterocycles. The van der Waals surface area contributed by atoms with Gasteiger partial charge in [0.25, 0.3) is 0 Å². The zero-order valence-electron chi connectivity index (χ0n) is 9.35. The van der Waals surface area contributed by atoms with Crippen molar-refractivity contribution in [2.45, 2.75) is 13.3 Å². The number of anilines is 1. The van der Waals surface area contributed by atoms with Gasteiger partial charge in [-0.15, -0.1) is 0 Å². The van der Waals surface area contributed by atoms with Crippen molar-refractivity contribution in [3.63, 3.8) is 0 Å². The number of hydrogen-bond donors (Lipinski definition) is 2. The number of nitrogens with two attached hydrogens (primary N) is 2. The lowest BCUT2D eigenvalue weighted by Gasteiger charge is -2.05. The van der Waals surface area contributed by atoms with Gasteiger partial charge in [0.2, 0.25) is 0 Å². The molecule has 84 valence electrons. The Morgan fingerprint density at radius 3 is 2.56 bits per heavy atom. The predicted octanol–water partition coefficient (Wildman–Crippen LogP) is 1.26. The molecule has 2 aromatic rings. The second-order valence-electron chi connectivity index (χ2n) is 3.84. The second-order valence-corrected chi connectivity index (χ2v) is 3.84. The van der Waals surface area contributed by atoms with Gasteiger partial charge in [-0.25, -0.2) is 4.68 Å². The summed E-state index contributed by atoms with van der Waals surface area (Å²) in [7, 11) is 0. The minimum Gasteiger partial charge on any atom is -0.383 e. The van der Waals surface area contributed by atoms with Crippen LogP contribution in [0.2, 0.25) is 0 Å². The van der Waals surface area contributed by atoms with Crippen LogP contribution in [0.1, 0.15) is 11.1 Å². The van der Waals surface area contributed by atoms with Gasteiger partial charge in [-0.3, -0.25) is 0 Å². The Hall–Kier alpha value is -1.81. The molecule has 1 aromatic carbocycles. The Kier molecular flexibility index (Phi) is 2.92. The molecule has 0 amide bonds. The summed E-state index contributed by atoms with van der Waals surface area (Å²) in [6.07, 6.45) is 2.54. The number of aromatic nitrogens is 2. The molecule has 4 N–H and O–H groups in total. The Morgan fingerprint density at radius 1 is 1.25 bits per heavy atom. The molecule has 4 heteroatoms. The summed E-state index contributed by atoms with van der Waals surface area (Å²) in [4.78, 5) is 0. The van der Waals surface area contributed by atoms with Crippen LogP contribution in [0.15, 0.2) is 30.5 Å². The van der Waals surface area contributed by atoms with Crippen LogP contribution in [0.4, 0.5) is 5.82 Å². The first kappa shape index (κ1) is 10.7. The van der Waals surface area contributed by atoms with E-state index in [1.54, 1.807) is 10.9 Å². The molecule has 0 aliphatic heterocycles. The van der Waals surface area contributed by atoms with Gasteiger partial charge in [0.15, 0.2) is 0 Å². The summed E-state index contributed by atoms with van der Waals surface area (Å²) in [5, 5.41) is 4.27. The van der Waals surface area contributed by atoms with E-state index in [1.807, 2.05) is 24.3 Å². The average Bonchev–Trinajstić information content (AvgIpc) is 2.63. The molecule has 0 fully saturated rings. The fourth-order valence-electron chi connectivity index (χ4n) is 1.63. The molecule has 0 radical (unpaired) electrons. The number of hydrogen-bond acceptors (Lipinski definition) is 3. The van der Waals surface area contributed by atoms with Crippen molar-refractivity contribution in [3.05, 3.63) is 41.6 Å². The summed E-state index contributed by atoms with van der Waals surface area (Å²) in [6.45, 7) is 2.64. The third-order valence-electron chi connectivity index (χ3n) is 2.58. The van der Waals surface area contributed by atoms with Crippen LogP contribution in [0.3, 0.4) is 0 Å².